The van der Waals surface area contributed by atoms with Crippen molar-refractivity contribution < 1.29 is 22.3 Å². The summed E-state index contributed by atoms with van der Waals surface area (Å²) in [5.41, 5.74) is 1.03. The van der Waals surface area contributed by atoms with E-state index in [9.17, 15) is 17.6 Å². The van der Waals surface area contributed by atoms with E-state index in [1.165, 1.54) is 24.3 Å². The van der Waals surface area contributed by atoms with Crippen LogP contribution >= 0.6 is 0 Å². The van der Waals surface area contributed by atoms with Crippen LogP contribution in [0, 0.1) is 23.3 Å². The Labute approximate surface area is 174 Å². The molecule has 3 aromatic carbocycles. The molecule has 0 amide bonds. The van der Waals surface area contributed by atoms with Gasteiger partial charge in [-0.1, -0.05) is 56.2 Å². The summed E-state index contributed by atoms with van der Waals surface area (Å²) < 4.78 is 63.2. The van der Waals surface area contributed by atoms with Crippen molar-refractivity contribution in [2.75, 3.05) is 6.61 Å². The van der Waals surface area contributed by atoms with E-state index in [1.807, 2.05) is 12.1 Å². The molecule has 0 radical (unpaired) electrons. The predicted octanol–water partition coefficient (Wildman–Crippen LogP) is 7.71. The molecule has 0 aliphatic carbocycles. The standard InChI is InChI=1S/C25H24F4O/c1-3-5-6-7-16-8-10-17(11-9-16)18-12-13-19(23(27)22(18)26)20-14-15-21(30-4-2)25(29)24(20)28/h8-15H,3-7H2,1-2H3. The van der Waals surface area contributed by atoms with Crippen LogP contribution in [-0.4, -0.2) is 6.61 Å². The number of hydrogen-bond acceptors (Lipinski definition) is 1. The van der Waals surface area contributed by atoms with Crippen LogP contribution in [0.4, 0.5) is 17.6 Å². The summed E-state index contributed by atoms with van der Waals surface area (Å²) >= 11 is 0. The molecule has 30 heavy (non-hydrogen) atoms. The minimum atomic E-state index is -1.27. The molecule has 0 unspecified atom stereocenters. The lowest BCUT2D eigenvalue weighted by molar-refractivity contribution is 0.314. The highest BCUT2D eigenvalue weighted by molar-refractivity contribution is 5.72. The summed E-state index contributed by atoms with van der Waals surface area (Å²) in [6, 6.07) is 12.3. The normalized spacial score (nSPS) is 11.0. The molecule has 5 heteroatoms. The molecule has 0 aromatic heterocycles. The Balaban J connectivity index is 1.92. The second-order valence-corrected chi connectivity index (χ2v) is 7.11. The van der Waals surface area contributed by atoms with Gasteiger partial charge in [0.25, 0.3) is 0 Å². The van der Waals surface area contributed by atoms with Crippen molar-refractivity contribution in [1.82, 2.24) is 0 Å². The molecule has 0 atom stereocenters. The van der Waals surface area contributed by atoms with Crippen LogP contribution in [0.15, 0.2) is 48.5 Å². The molecular weight excluding hydrogens is 392 g/mol. The molecule has 0 N–H and O–H groups in total. The van der Waals surface area contributed by atoms with Crippen molar-refractivity contribution in [3.63, 3.8) is 0 Å². The molecule has 0 aliphatic heterocycles. The molecule has 0 saturated carbocycles. The van der Waals surface area contributed by atoms with Crippen molar-refractivity contribution >= 4 is 0 Å². The van der Waals surface area contributed by atoms with Gasteiger partial charge in [-0.3, -0.25) is 0 Å². The van der Waals surface area contributed by atoms with Crippen LogP contribution in [0.25, 0.3) is 22.3 Å². The summed E-state index contributed by atoms with van der Waals surface area (Å²) in [5.74, 6) is -5.09. The molecular formula is C25H24F4O. The van der Waals surface area contributed by atoms with Crippen molar-refractivity contribution in [1.29, 1.82) is 0 Å². The van der Waals surface area contributed by atoms with Crippen molar-refractivity contribution in [2.24, 2.45) is 0 Å². The number of ether oxygens (including phenoxy) is 1. The van der Waals surface area contributed by atoms with Gasteiger partial charge in [-0.2, -0.15) is 4.39 Å². The van der Waals surface area contributed by atoms with Crippen LogP contribution in [0.5, 0.6) is 5.75 Å². The fourth-order valence-electron chi connectivity index (χ4n) is 3.42. The molecule has 0 heterocycles. The van der Waals surface area contributed by atoms with E-state index in [4.69, 9.17) is 4.74 Å². The Kier molecular flexibility index (Phi) is 7.14. The third kappa shape index (κ3) is 4.50. The first-order valence-corrected chi connectivity index (χ1v) is 10.2. The van der Waals surface area contributed by atoms with Crippen LogP contribution in [0.1, 0.15) is 38.7 Å². The average molecular weight is 416 g/mol. The topological polar surface area (TPSA) is 9.23 Å². The van der Waals surface area contributed by atoms with E-state index in [0.29, 0.717) is 5.56 Å². The van der Waals surface area contributed by atoms with Gasteiger partial charge >= 0.3 is 0 Å². The Morgan fingerprint density at radius 2 is 1.20 bits per heavy atom. The minimum absolute atomic E-state index is 0.0724. The fourth-order valence-corrected chi connectivity index (χ4v) is 3.42. The summed E-state index contributed by atoms with van der Waals surface area (Å²) in [5, 5.41) is 0. The zero-order valence-electron chi connectivity index (χ0n) is 17.1. The molecule has 0 spiro atoms. The fraction of sp³-hybridized carbons (Fsp3) is 0.280. The van der Waals surface area contributed by atoms with Crippen molar-refractivity contribution in [3.05, 3.63) is 77.4 Å². The zero-order chi connectivity index (χ0) is 21.7. The maximum atomic E-state index is 14.8. The number of benzene rings is 3. The van der Waals surface area contributed by atoms with Crippen molar-refractivity contribution in [2.45, 2.75) is 39.5 Å². The van der Waals surface area contributed by atoms with E-state index in [0.717, 1.165) is 31.2 Å². The van der Waals surface area contributed by atoms with Crippen LogP contribution in [0.2, 0.25) is 0 Å². The average Bonchev–Trinajstić information content (AvgIpc) is 2.75. The maximum absolute atomic E-state index is 14.8. The largest absolute Gasteiger partial charge is 0.491 e. The van der Waals surface area contributed by atoms with Gasteiger partial charge in [-0.05, 0) is 43.0 Å². The highest BCUT2D eigenvalue weighted by atomic mass is 19.2. The van der Waals surface area contributed by atoms with Gasteiger partial charge < -0.3 is 4.74 Å². The first-order valence-electron chi connectivity index (χ1n) is 10.2. The molecule has 0 fully saturated rings. The predicted molar refractivity (Wildman–Crippen MR) is 112 cm³/mol. The molecule has 3 rings (SSSR count). The molecule has 0 bridgehead atoms. The number of rotatable bonds is 8. The summed E-state index contributed by atoms with van der Waals surface area (Å²) in [6.07, 6.45) is 4.30. The Bertz CT molecular complexity index is 1010. The summed E-state index contributed by atoms with van der Waals surface area (Å²) in [4.78, 5) is 0. The van der Waals surface area contributed by atoms with E-state index >= 15 is 0 Å². The highest BCUT2D eigenvalue weighted by Crippen LogP contribution is 2.35. The van der Waals surface area contributed by atoms with E-state index in [2.05, 4.69) is 6.92 Å². The Morgan fingerprint density at radius 3 is 1.83 bits per heavy atom. The van der Waals surface area contributed by atoms with Gasteiger partial charge in [-0.15, -0.1) is 0 Å². The van der Waals surface area contributed by atoms with E-state index in [-0.39, 0.29) is 29.0 Å². The molecule has 158 valence electrons. The second-order valence-electron chi connectivity index (χ2n) is 7.11. The lowest BCUT2D eigenvalue weighted by Gasteiger charge is -2.12. The van der Waals surface area contributed by atoms with Gasteiger partial charge in [0.1, 0.15) is 0 Å². The summed E-state index contributed by atoms with van der Waals surface area (Å²) in [7, 11) is 0. The molecule has 0 saturated heterocycles. The number of unbranched alkanes of at least 4 members (excludes halogenated alkanes) is 2. The monoisotopic (exact) mass is 416 g/mol. The first kappa shape index (κ1) is 21.9. The van der Waals surface area contributed by atoms with Gasteiger partial charge in [0, 0.05) is 16.7 Å². The highest BCUT2D eigenvalue weighted by Gasteiger charge is 2.21. The third-order valence-electron chi connectivity index (χ3n) is 5.05. The lowest BCUT2D eigenvalue weighted by atomic mass is 9.97. The van der Waals surface area contributed by atoms with Crippen LogP contribution < -0.4 is 4.74 Å². The summed E-state index contributed by atoms with van der Waals surface area (Å²) in [6.45, 7) is 3.93. The zero-order valence-corrected chi connectivity index (χ0v) is 17.1. The number of hydrogen-bond donors (Lipinski definition) is 0. The number of aryl methyl sites for hydroxylation is 1. The molecule has 0 aliphatic rings. The number of halogens is 4. The van der Waals surface area contributed by atoms with E-state index in [1.54, 1.807) is 19.1 Å². The Hall–Kier alpha value is -2.82. The SMILES string of the molecule is CCCCCc1ccc(-c2ccc(-c3ccc(OCC)c(F)c3F)c(F)c2F)cc1. The first-order chi connectivity index (χ1) is 14.5. The smallest absolute Gasteiger partial charge is 0.201 e. The maximum Gasteiger partial charge on any atom is 0.201 e. The van der Waals surface area contributed by atoms with E-state index < -0.39 is 23.3 Å². The third-order valence-corrected chi connectivity index (χ3v) is 5.05. The second kappa shape index (κ2) is 9.79. The minimum Gasteiger partial charge on any atom is -0.491 e. The quantitative estimate of drug-likeness (QED) is 0.270. The lowest BCUT2D eigenvalue weighted by Crippen LogP contribution is -2.00. The van der Waals surface area contributed by atoms with Gasteiger partial charge in [-0.25, -0.2) is 13.2 Å². The van der Waals surface area contributed by atoms with Gasteiger partial charge in [0.05, 0.1) is 6.61 Å². The van der Waals surface area contributed by atoms with Crippen LogP contribution in [0.3, 0.4) is 0 Å². The van der Waals surface area contributed by atoms with Crippen molar-refractivity contribution in [3.8, 4) is 28.0 Å². The molecule has 3 aromatic rings. The molecule has 1 nitrogen and oxygen atoms in total. The van der Waals surface area contributed by atoms with Gasteiger partial charge in [0.2, 0.25) is 5.82 Å². The Morgan fingerprint density at radius 1 is 0.633 bits per heavy atom. The van der Waals surface area contributed by atoms with Gasteiger partial charge in [0.15, 0.2) is 23.2 Å². The van der Waals surface area contributed by atoms with Crippen LogP contribution in [-0.2, 0) is 6.42 Å².